The second-order valence-electron chi connectivity index (χ2n) is 9.43. The van der Waals surface area contributed by atoms with Gasteiger partial charge in [-0.2, -0.15) is 0 Å². The lowest BCUT2D eigenvalue weighted by molar-refractivity contribution is -0.151. The van der Waals surface area contributed by atoms with Gasteiger partial charge in [-0.15, -0.1) is 0 Å². The number of ketones is 1. The van der Waals surface area contributed by atoms with Crippen molar-refractivity contribution >= 4 is 17.7 Å². The minimum absolute atomic E-state index is 0.143. The van der Waals surface area contributed by atoms with Crippen molar-refractivity contribution in [1.29, 1.82) is 0 Å². The summed E-state index contributed by atoms with van der Waals surface area (Å²) >= 11 is 0. The van der Waals surface area contributed by atoms with Crippen LogP contribution in [0.2, 0.25) is 0 Å². The number of esters is 2. The van der Waals surface area contributed by atoms with E-state index in [0.717, 1.165) is 25.7 Å². The number of Topliss-reactive ketones (excluding diaryl/α,β-unsaturated/α-hetero) is 1. The van der Waals surface area contributed by atoms with Crippen molar-refractivity contribution in [3.63, 3.8) is 0 Å². The Morgan fingerprint density at radius 3 is 2.40 bits per heavy atom. The van der Waals surface area contributed by atoms with Gasteiger partial charge in [-0.25, -0.2) is 4.79 Å². The van der Waals surface area contributed by atoms with Crippen molar-refractivity contribution < 1.29 is 33.3 Å². The second kappa shape index (κ2) is 10.1. The lowest BCUT2D eigenvalue weighted by Gasteiger charge is -2.38. The maximum absolute atomic E-state index is 13.9. The summed E-state index contributed by atoms with van der Waals surface area (Å²) in [7, 11) is 4.33. The van der Waals surface area contributed by atoms with Crippen molar-refractivity contribution in [3.05, 3.63) is 46.3 Å². The summed E-state index contributed by atoms with van der Waals surface area (Å²) in [5.41, 5.74) is 2.64. The number of nitrogens with one attached hydrogen (secondary N) is 1. The number of hydrogen-bond acceptors (Lipinski definition) is 8. The van der Waals surface area contributed by atoms with Gasteiger partial charge in [-0.05, 0) is 51.0 Å². The second-order valence-corrected chi connectivity index (χ2v) is 9.43. The van der Waals surface area contributed by atoms with Crippen molar-refractivity contribution in [2.75, 3.05) is 21.3 Å². The molecule has 0 radical (unpaired) electrons. The maximum Gasteiger partial charge on any atom is 0.337 e. The summed E-state index contributed by atoms with van der Waals surface area (Å²) in [6.45, 7) is 3.67. The molecule has 0 amide bonds. The zero-order valence-electron chi connectivity index (χ0n) is 20.9. The third-order valence-corrected chi connectivity index (χ3v) is 7.28. The SMILES string of the molecule is COC(=O)[C@@H]1C(=O)C2=C(C[C@H]1C)NC(C)=C(C(=O)OC1CCCC1)[C@@H]2c1cccc(OC)c1OC. The molecule has 1 heterocycles. The van der Waals surface area contributed by atoms with E-state index >= 15 is 0 Å². The quantitative estimate of drug-likeness (QED) is 0.482. The molecule has 3 aliphatic rings. The van der Waals surface area contributed by atoms with Crippen molar-refractivity contribution in [2.24, 2.45) is 11.8 Å². The number of benzene rings is 1. The third kappa shape index (κ3) is 4.42. The number of dihydropyridines is 1. The predicted octanol–water partition coefficient (Wildman–Crippen LogP) is 3.80. The standard InChI is InChI=1S/C27H33NO7/c1-14-13-18-23(24(29)20(14)26(30)34-5)22(17-11-8-12-19(32-3)25(17)33-4)21(15(2)28-18)27(31)35-16-9-6-7-10-16/h8,11-12,14,16,20,22,28H,6-7,9-10,13H2,1-5H3/t14-,20+,22+/m1/s1. The highest BCUT2D eigenvalue weighted by atomic mass is 16.5. The van der Waals surface area contributed by atoms with Crippen LogP contribution in [0.4, 0.5) is 0 Å². The Hall–Kier alpha value is -3.29. The number of carbonyl (C=O) groups is 3. The molecule has 1 aromatic carbocycles. The molecule has 35 heavy (non-hydrogen) atoms. The number of carbonyl (C=O) groups excluding carboxylic acids is 3. The zero-order chi connectivity index (χ0) is 25.3. The van der Waals surface area contributed by atoms with Gasteiger partial charge in [0.1, 0.15) is 12.0 Å². The van der Waals surface area contributed by atoms with Gasteiger partial charge in [0.25, 0.3) is 0 Å². The van der Waals surface area contributed by atoms with Gasteiger partial charge in [0.2, 0.25) is 0 Å². The van der Waals surface area contributed by atoms with Crippen LogP contribution < -0.4 is 14.8 Å². The average molecular weight is 484 g/mol. The summed E-state index contributed by atoms with van der Waals surface area (Å²) < 4.78 is 22.1. The third-order valence-electron chi connectivity index (χ3n) is 7.28. The van der Waals surface area contributed by atoms with Gasteiger partial charge in [-0.1, -0.05) is 19.1 Å². The van der Waals surface area contributed by atoms with E-state index in [1.165, 1.54) is 21.3 Å². The molecule has 3 atom stereocenters. The molecule has 8 heteroatoms. The smallest absolute Gasteiger partial charge is 0.337 e. The summed E-state index contributed by atoms with van der Waals surface area (Å²) in [5, 5.41) is 3.29. The van der Waals surface area contributed by atoms with Crippen LogP contribution in [0.5, 0.6) is 11.5 Å². The fourth-order valence-electron chi connectivity index (χ4n) is 5.62. The molecule has 2 aliphatic carbocycles. The van der Waals surface area contributed by atoms with Crippen molar-refractivity contribution in [3.8, 4) is 11.5 Å². The van der Waals surface area contributed by atoms with E-state index in [9.17, 15) is 14.4 Å². The van der Waals surface area contributed by atoms with Gasteiger partial charge >= 0.3 is 11.9 Å². The molecule has 0 bridgehead atoms. The fraction of sp³-hybridized carbons (Fsp3) is 0.519. The topological polar surface area (TPSA) is 100 Å². The Labute approximate surface area is 205 Å². The average Bonchev–Trinajstić information content (AvgIpc) is 3.35. The number of hydrogen-bond donors (Lipinski definition) is 1. The van der Waals surface area contributed by atoms with Crippen LogP contribution in [-0.4, -0.2) is 45.2 Å². The molecule has 0 spiro atoms. The van der Waals surface area contributed by atoms with E-state index in [1.807, 2.05) is 19.9 Å². The molecule has 1 fully saturated rings. The molecule has 1 saturated carbocycles. The maximum atomic E-state index is 13.9. The fourth-order valence-corrected chi connectivity index (χ4v) is 5.62. The first-order chi connectivity index (χ1) is 16.8. The van der Waals surface area contributed by atoms with E-state index in [-0.39, 0.29) is 17.8 Å². The molecule has 8 nitrogen and oxygen atoms in total. The highest BCUT2D eigenvalue weighted by Crippen LogP contribution is 2.49. The number of ether oxygens (including phenoxy) is 4. The zero-order valence-corrected chi connectivity index (χ0v) is 20.9. The first kappa shape index (κ1) is 24.8. The van der Waals surface area contributed by atoms with Crippen LogP contribution in [0.1, 0.15) is 57.4 Å². The van der Waals surface area contributed by atoms with E-state index < -0.39 is 23.8 Å². The van der Waals surface area contributed by atoms with Gasteiger partial charge in [0.05, 0.1) is 32.8 Å². The number of allylic oxidation sites excluding steroid dienone is 3. The summed E-state index contributed by atoms with van der Waals surface area (Å²) in [6, 6.07) is 5.37. The molecule has 188 valence electrons. The van der Waals surface area contributed by atoms with E-state index in [1.54, 1.807) is 12.1 Å². The minimum Gasteiger partial charge on any atom is -0.493 e. The highest BCUT2D eigenvalue weighted by Gasteiger charge is 2.48. The van der Waals surface area contributed by atoms with E-state index in [4.69, 9.17) is 18.9 Å². The molecule has 0 unspecified atom stereocenters. The summed E-state index contributed by atoms with van der Waals surface area (Å²) in [6.07, 6.45) is 4.02. The number of methoxy groups -OCH3 is 3. The Morgan fingerprint density at radius 1 is 1.06 bits per heavy atom. The molecular formula is C27H33NO7. The van der Waals surface area contributed by atoms with Crippen molar-refractivity contribution in [1.82, 2.24) is 5.32 Å². The lowest BCUT2D eigenvalue weighted by atomic mass is 9.69. The van der Waals surface area contributed by atoms with Crippen LogP contribution in [-0.2, 0) is 23.9 Å². The Bertz CT molecular complexity index is 1100. The van der Waals surface area contributed by atoms with Crippen LogP contribution in [0.25, 0.3) is 0 Å². The van der Waals surface area contributed by atoms with Gasteiger partial charge < -0.3 is 24.3 Å². The number of para-hydroxylation sites is 1. The monoisotopic (exact) mass is 483 g/mol. The Balaban J connectivity index is 1.88. The Morgan fingerprint density at radius 2 is 1.77 bits per heavy atom. The summed E-state index contributed by atoms with van der Waals surface area (Å²) in [4.78, 5) is 40.1. The Kier molecular flexibility index (Phi) is 7.19. The molecule has 1 N–H and O–H groups in total. The van der Waals surface area contributed by atoms with E-state index in [2.05, 4.69) is 5.32 Å². The van der Waals surface area contributed by atoms with Crippen LogP contribution in [0.15, 0.2) is 40.7 Å². The lowest BCUT2D eigenvalue weighted by Crippen LogP contribution is -2.43. The van der Waals surface area contributed by atoms with Crippen molar-refractivity contribution in [2.45, 2.75) is 58.0 Å². The molecular weight excluding hydrogens is 450 g/mol. The van der Waals surface area contributed by atoms with Gasteiger partial charge in [-0.3, -0.25) is 9.59 Å². The molecule has 0 aromatic heterocycles. The first-order valence-corrected chi connectivity index (χ1v) is 12.1. The van der Waals surface area contributed by atoms with E-state index in [0.29, 0.717) is 46.0 Å². The largest absolute Gasteiger partial charge is 0.493 e. The minimum atomic E-state index is -0.954. The molecule has 1 aromatic rings. The van der Waals surface area contributed by atoms with Gasteiger partial charge in [0, 0.05) is 22.5 Å². The highest BCUT2D eigenvalue weighted by molar-refractivity contribution is 6.12. The molecule has 1 aliphatic heterocycles. The molecule has 0 saturated heterocycles. The number of rotatable bonds is 6. The van der Waals surface area contributed by atoms with Crippen LogP contribution >= 0.6 is 0 Å². The molecule has 4 rings (SSSR count). The van der Waals surface area contributed by atoms with Crippen LogP contribution in [0, 0.1) is 11.8 Å². The predicted molar refractivity (Wildman–Crippen MR) is 128 cm³/mol. The normalized spacial score (nSPS) is 24.6. The summed E-state index contributed by atoms with van der Waals surface area (Å²) in [5.74, 6) is -2.49. The first-order valence-electron chi connectivity index (χ1n) is 12.1. The van der Waals surface area contributed by atoms with Gasteiger partial charge in [0.15, 0.2) is 17.3 Å². The van der Waals surface area contributed by atoms with Crippen LogP contribution in [0.3, 0.4) is 0 Å².